The van der Waals surface area contributed by atoms with Crippen LogP contribution in [0.2, 0.25) is 0 Å². The van der Waals surface area contributed by atoms with Crippen molar-refractivity contribution in [2.75, 3.05) is 45.9 Å². The largest absolute Gasteiger partial charge is 0.492 e. The third kappa shape index (κ3) is 5.36. The van der Waals surface area contributed by atoms with Crippen molar-refractivity contribution >= 4 is 11.7 Å². The SMILES string of the molecule is O=C1CN(CCOc2ccc(C3CCN(C4=Nn5c(nnc5C(F)(F)F)CC4)CC3)cc2)CCN1C1CC1. The highest BCUT2D eigenvalue weighted by molar-refractivity contribution is 5.83. The Morgan fingerprint density at radius 3 is 2.39 bits per heavy atom. The van der Waals surface area contributed by atoms with E-state index in [1.807, 2.05) is 17.0 Å². The number of ether oxygens (including phenoxy) is 1. The van der Waals surface area contributed by atoms with E-state index in [9.17, 15) is 18.0 Å². The summed E-state index contributed by atoms with van der Waals surface area (Å²) in [5.74, 6) is 1.29. The lowest BCUT2D eigenvalue weighted by molar-refractivity contribution is -0.147. The molecule has 0 bridgehead atoms. The van der Waals surface area contributed by atoms with Crippen molar-refractivity contribution in [3.8, 4) is 5.75 Å². The number of rotatable bonds is 6. The van der Waals surface area contributed by atoms with Gasteiger partial charge in [0.05, 0.1) is 6.54 Å². The molecule has 3 fully saturated rings. The molecule has 6 rings (SSSR count). The molecular weight excluding hydrogens is 499 g/mol. The Bertz CT molecular complexity index is 1180. The van der Waals surface area contributed by atoms with Gasteiger partial charge < -0.3 is 14.5 Å². The van der Waals surface area contributed by atoms with Crippen molar-refractivity contribution in [1.82, 2.24) is 29.6 Å². The quantitative estimate of drug-likeness (QED) is 0.571. The highest BCUT2D eigenvalue weighted by Gasteiger charge is 2.40. The third-order valence-electron chi connectivity index (χ3n) is 7.96. The monoisotopic (exact) mass is 531 g/mol. The molecule has 1 aromatic carbocycles. The molecule has 0 N–H and O–H groups in total. The van der Waals surface area contributed by atoms with Gasteiger partial charge >= 0.3 is 6.18 Å². The topological polar surface area (TPSA) is 79.1 Å². The van der Waals surface area contributed by atoms with Gasteiger partial charge in [0.1, 0.15) is 18.2 Å². The molecule has 9 nitrogen and oxygen atoms in total. The maximum Gasteiger partial charge on any atom is 0.453 e. The number of likely N-dealkylation sites (tertiary alicyclic amines) is 1. The number of carbonyl (C=O) groups excluding carboxylic acids is 1. The first-order valence-electron chi connectivity index (χ1n) is 13.4. The zero-order valence-electron chi connectivity index (χ0n) is 21.2. The van der Waals surface area contributed by atoms with E-state index >= 15 is 0 Å². The van der Waals surface area contributed by atoms with Crippen LogP contribution in [0.3, 0.4) is 0 Å². The van der Waals surface area contributed by atoms with Gasteiger partial charge in [0.25, 0.3) is 5.82 Å². The number of piperidine rings is 1. The van der Waals surface area contributed by atoms with Crippen molar-refractivity contribution in [3.05, 3.63) is 41.5 Å². The van der Waals surface area contributed by atoms with Crippen molar-refractivity contribution in [2.45, 2.75) is 56.7 Å². The minimum Gasteiger partial charge on any atom is -0.492 e. The van der Waals surface area contributed by atoms with Crippen molar-refractivity contribution in [1.29, 1.82) is 0 Å². The van der Waals surface area contributed by atoms with E-state index in [1.165, 1.54) is 5.56 Å². The number of aromatic nitrogens is 3. The fourth-order valence-corrected chi connectivity index (χ4v) is 5.66. The van der Waals surface area contributed by atoms with Gasteiger partial charge in [-0.2, -0.15) is 22.9 Å². The van der Waals surface area contributed by atoms with E-state index < -0.39 is 12.0 Å². The maximum absolute atomic E-state index is 13.2. The third-order valence-corrected chi connectivity index (χ3v) is 7.96. The molecule has 1 aliphatic carbocycles. The number of nitrogens with zero attached hydrogens (tertiary/aromatic N) is 7. The van der Waals surface area contributed by atoms with Crippen LogP contribution in [0, 0.1) is 0 Å². The number of halogens is 3. The van der Waals surface area contributed by atoms with Crippen molar-refractivity contribution in [3.63, 3.8) is 0 Å². The van der Waals surface area contributed by atoms with Crippen LogP contribution in [0.1, 0.15) is 55.2 Å². The number of aryl methyl sites for hydroxylation is 1. The molecule has 1 amide bonds. The molecule has 4 aliphatic rings. The van der Waals surface area contributed by atoms with Crippen LogP contribution in [0.5, 0.6) is 5.75 Å². The van der Waals surface area contributed by atoms with Gasteiger partial charge in [-0.15, -0.1) is 10.2 Å². The number of alkyl halides is 3. The molecule has 1 saturated carbocycles. The number of hydrogen-bond acceptors (Lipinski definition) is 7. The number of carbonyl (C=O) groups is 1. The van der Waals surface area contributed by atoms with Crippen molar-refractivity contribution < 1.29 is 22.7 Å². The molecule has 0 radical (unpaired) electrons. The van der Waals surface area contributed by atoms with Gasteiger partial charge in [-0.25, -0.2) is 0 Å². The predicted octanol–water partition coefficient (Wildman–Crippen LogP) is 2.97. The van der Waals surface area contributed by atoms with Gasteiger partial charge in [0.2, 0.25) is 5.91 Å². The first-order valence-corrected chi connectivity index (χ1v) is 13.4. The summed E-state index contributed by atoms with van der Waals surface area (Å²) in [6, 6.07) is 8.68. The molecule has 2 aromatic rings. The summed E-state index contributed by atoms with van der Waals surface area (Å²) >= 11 is 0. The molecule has 0 unspecified atom stereocenters. The van der Waals surface area contributed by atoms with Crippen LogP contribution < -0.4 is 4.74 Å². The summed E-state index contributed by atoms with van der Waals surface area (Å²) in [7, 11) is 0. The van der Waals surface area contributed by atoms with E-state index in [4.69, 9.17) is 4.74 Å². The van der Waals surface area contributed by atoms with Gasteiger partial charge in [-0.1, -0.05) is 12.1 Å². The molecule has 4 heterocycles. The van der Waals surface area contributed by atoms with Crippen molar-refractivity contribution in [2.24, 2.45) is 5.10 Å². The van der Waals surface area contributed by atoms with E-state index in [0.717, 1.165) is 68.8 Å². The molecule has 0 atom stereocenters. The Balaban J connectivity index is 0.972. The Morgan fingerprint density at radius 1 is 0.947 bits per heavy atom. The molecule has 3 aliphatic heterocycles. The maximum atomic E-state index is 13.2. The lowest BCUT2D eigenvalue weighted by atomic mass is 9.89. The minimum atomic E-state index is -4.58. The Kier molecular flexibility index (Phi) is 6.75. The smallest absolute Gasteiger partial charge is 0.453 e. The van der Waals surface area contributed by atoms with Crippen LogP contribution in [0.15, 0.2) is 29.4 Å². The average Bonchev–Trinajstić information content (AvgIpc) is 3.65. The molecular formula is C26H32F3N7O2. The number of piperazine rings is 1. The Morgan fingerprint density at radius 2 is 1.71 bits per heavy atom. The minimum absolute atomic E-state index is 0.235. The average molecular weight is 532 g/mol. The number of amides is 1. The standard InChI is InChI=1S/C26H32F3N7O2/c27-26(28,29)25-31-30-22-7-8-23(32-36(22)25)34-11-9-19(10-12-34)18-1-5-21(6-2-18)38-16-15-33-13-14-35(20-3-4-20)24(37)17-33/h1-2,5-6,19-20H,3-4,7-17H2. The molecule has 12 heteroatoms. The Hall–Kier alpha value is -3.15. The number of hydrogen-bond donors (Lipinski definition) is 0. The van der Waals surface area contributed by atoms with Gasteiger partial charge in [-0.05, 0) is 49.3 Å². The molecule has 0 spiro atoms. The molecule has 204 valence electrons. The number of amidine groups is 1. The van der Waals surface area contributed by atoms with Gasteiger partial charge in [0, 0.05) is 51.6 Å². The predicted molar refractivity (Wildman–Crippen MR) is 133 cm³/mol. The van der Waals surface area contributed by atoms with Crippen LogP contribution in [-0.4, -0.2) is 93.2 Å². The fourth-order valence-electron chi connectivity index (χ4n) is 5.66. The van der Waals surface area contributed by atoms with Crippen LogP contribution in [-0.2, 0) is 17.4 Å². The Labute approximate surface area is 219 Å². The molecule has 38 heavy (non-hydrogen) atoms. The fraction of sp³-hybridized carbons (Fsp3) is 0.615. The van der Waals surface area contributed by atoms with Crippen LogP contribution in [0.4, 0.5) is 13.2 Å². The second kappa shape index (κ2) is 10.2. The van der Waals surface area contributed by atoms with Crippen LogP contribution in [0.25, 0.3) is 0 Å². The number of fused-ring (bicyclic) bond motifs is 1. The first kappa shape index (κ1) is 25.1. The zero-order valence-corrected chi connectivity index (χ0v) is 21.2. The lowest BCUT2D eigenvalue weighted by Crippen LogP contribution is -2.51. The van der Waals surface area contributed by atoms with Gasteiger partial charge in [0.15, 0.2) is 5.82 Å². The van der Waals surface area contributed by atoms with E-state index in [1.54, 1.807) is 0 Å². The van der Waals surface area contributed by atoms with Crippen LogP contribution >= 0.6 is 0 Å². The molecule has 1 aromatic heterocycles. The number of benzene rings is 1. The van der Waals surface area contributed by atoms with E-state index in [2.05, 4.69) is 37.2 Å². The second-order valence-electron chi connectivity index (χ2n) is 10.5. The second-order valence-corrected chi connectivity index (χ2v) is 10.5. The summed E-state index contributed by atoms with van der Waals surface area (Å²) < 4.78 is 46.5. The summed E-state index contributed by atoms with van der Waals surface area (Å²) in [6.45, 7) is 4.96. The lowest BCUT2D eigenvalue weighted by Gasteiger charge is -2.35. The summed E-state index contributed by atoms with van der Waals surface area (Å²) in [5.41, 5.74) is 1.24. The van der Waals surface area contributed by atoms with Gasteiger partial charge in [-0.3, -0.25) is 9.69 Å². The highest BCUT2D eigenvalue weighted by Crippen LogP contribution is 2.32. The van der Waals surface area contributed by atoms with E-state index in [-0.39, 0.29) is 11.7 Å². The summed E-state index contributed by atoms with van der Waals surface area (Å²) in [4.78, 5) is 18.6. The molecule has 2 saturated heterocycles. The highest BCUT2D eigenvalue weighted by atomic mass is 19.4. The summed E-state index contributed by atoms with van der Waals surface area (Å²) in [6.07, 6.45) is 0.493. The normalized spacial score (nSPS) is 21.4. The first-order chi connectivity index (χ1) is 18.3. The zero-order chi connectivity index (χ0) is 26.3. The summed E-state index contributed by atoms with van der Waals surface area (Å²) in [5, 5.41) is 11.2. The van der Waals surface area contributed by atoms with E-state index in [0.29, 0.717) is 43.8 Å².